The molecule has 1 aromatic carbocycles. The third-order valence-corrected chi connectivity index (χ3v) is 4.76. The van der Waals surface area contributed by atoms with Crippen LogP contribution in [-0.2, 0) is 7.05 Å². The van der Waals surface area contributed by atoms with E-state index < -0.39 is 6.55 Å². The summed E-state index contributed by atoms with van der Waals surface area (Å²) in [6, 6.07) is 6.89. The van der Waals surface area contributed by atoms with Crippen molar-refractivity contribution in [2.45, 2.75) is 26.4 Å². The van der Waals surface area contributed by atoms with Gasteiger partial charge in [-0.25, -0.2) is 4.68 Å². The molecule has 1 atom stereocenters. The Bertz CT molecular complexity index is 1180. The summed E-state index contributed by atoms with van der Waals surface area (Å²) in [6.45, 7) is 1.19. The lowest BCUT2D eigenvalue weighted by atomic mass is 10.0. The minimum Gasteiger partial charge on any atom is -0.368 e. The van der Waals surface area contributed by atoms with Crippen LogP contribution >= 0.6 is 0 Å². The number of alkyl halides is 2. The third-order valence-electron chi connectivity index (χ3n) is 4.76. The number of rotatable bonds is 6. The Balaban J connectivity index is 1.67. The van der Waals surface area contributed by atoms with Gasteiger partial charge in [-0.3, -0.25) is 4.68 Å². The Morgan fingerprint density at radius 1 is 1.10 bits per heavy atom. The summed E-state index contributed by atoms with van der Waals surface area (Å²) in [5.74, 6) is 0.721. The Labute approximate surface area is 171 Å². The molecule has 0 aliphatic heterocycles. The number of nitrogens with two attached hydrogens (primary N) is 1. The molecule has 0 unspecified atom stereocenters. The van der Waals surface area contributed by atoms with E-state index in [0.29, 0.717) is 16.2 Å². The van der Waals surface area contributed by atoms with Gasteiger partial charge in [0.2, 0.25) is 11.9 Å². The molecular weight excluding hydrogens is 392 g/mol. The van der Waals surface area contributed by atoms with Crippen molar-refractivity contribution in [1.82, 2.24) is 34.5 Å². The number of hydrogen-bond acceptors (Lipinski definition) is 7. The lowest BCUT2D eigenvalue weighted by molar-refractivity contribution is 0.0559. The van der Waals surface area contributed by atoms with Crippen LogP contribution in [0.2, 0.25) is 0 Å². The third kappa shape index (κ3) is 3.78. The number of nitrogens with one attached hydrogen (secondary N) is 1. The smallest absolute Gasteiger partial charge is 0.333 e. The van der Waals surface area contributed by atoms with Gasteiger partial charge in [0.15, 0.2) is 5.82 Å². The zero-order valence-electron chi connectivity index (χ0n) is 16.7. The Kier molecular flexibility index (Phi) is 5.02. The Hall–Kier alpha value is -3.63. The topological polar surface area (TPSA) is 112 Å². The van der Waals surface area contributed by atoms with Crippen molar-refractivity contribution >= 4 is 22.8 Å². The van der Waals surface area contributed by atoms with Crippen LogP contribution in [-0.4, -0.2) is 34.5 Å². The molecule has 0 aliphatic carbocycles. The van der Waals surface area contributed by atoms with Crippen molar-refractivity contribution in [2.75, 3.05) is 11.1 Å². The maximum absolute atomic E-state index is 12.9. The molecule has 4 aromatic rings. The van der Waals surface area contributed by atoms with Crippen molar-refractivity contribution in [2.24, 2.45) is 13.0 Å². The fourth-order valence-corrected chi connectivity index (χ4v) is 3.24. The van der Waals surface area contributed by atoms with E-state index in [-0.39, 0.29) is 23.9 Å². The predicted octanol–water partition coefficient (Wildman–Crippen LogP) is 3.41. The molecule has 0 aliphatic rings. The molecule has 0 saturated carbocycles. The fourth-order valence-electron chi connectivity index (χ4n) is 3.24. The van der Waals surface area contributed by atoms with E-state index in [2.05, 4.69) is 30.5 Å². The van der Waals surface area contributed by atoms with E-state index >= 15 is 0 Å². The highest BCUT2D eigenvalue weighted by atomic mass is 19.3. The van der Waals surface area contributed by atoms with Crippen molar-refractivity contribution in [3.63, 3.8) is 0 Å². The summed E-state index contributed by atoms with van der Waals surface area (Å²) in [5.41, 5.74) is 8.11. The number of nitrogens with zero attached hydrogens (tertiary/aromatic N) is 7. The second-order valence-corrected chi connectivity index (χ2v) is 7.25. The lowest BCUT2D eigenvalue weighted by Gasteiger charge is -2.20. The lowest BCUT2D eigenvalue weighted by Crippen LogP contribution is -2.20. The first-order chi connectivity index (χ1) is 14.3. The van der Waals surface area contributed by atoms with Crippen LogP contribution in [0, 0.1) is 5.92 Å². The van der Waals surface area contributed by atoms with Crippen molar-refractivity contribution in [1.29, 1.82) is 0 Å². The van der Waals surface area contributed by atoms with Crippen molar-refractivity contribution in [3.8, 4) is 11.4 Å². The molecule has 11 heteroatoms. The number of fused-ring (bicyclic) bond motifs is 1. The van der Waals surface area contributed by atoms with Gasteiger partial charge in [0.25, 0.3) is 0 Å². The van der Waals surface area contributed by atoms with Crippen LogP contribution in [0.15, 0.2) is 36.7 Å². The summed E-state index contributed by atoms with van der Waals surface area (Å²) in [4.78, 5) is 12.9. The first-order valence-electron chi connectivity index (χ1n) is 9.35. The van der Waals surface area contributed by atoms with Gasteiger partial charge >= 0.3 is 6.55 Å². The first kappa shape index (κ1) is 19.7. The van der Waals surface area contributed by atoms with E-state index in [1.807, 2.05) is 39.1 Å². The highest BCUT2D eigenvalue weighted by molar-refractivity contribution is 5.83. The molecule has 0 amide bonds. The zero-order chi connectivity index (χ0) is 21.4. The quantitative estimate of drug-likeness (QED) is 0.498. The van der Waals surface area contributed by atoms with Gasteiger partial charge in [0.05, 0.1) is 23.4 Å². The van der Waals surface area contributed by atoms with Gasteiger partial charge < -0.3 is 11.1 Å². The van der Waals surface area contributed by atoms with Crippen molar-refractivity contribution in [3.05, 3.63) is 42.4 Å². The second kappa shape index (κ2) is 7.65. The fraction of sp³-hybridized carbons (Fsp3) is 0.316. The van der Waals surface area contributed by atoms with E-state index in [0.717, 1.165) is 16.5 Å². The monoisotopic (exact) mass is 413 g/mol. The number of halogens is 2. The molecule has 0 radical (unpaired) electrons. The first-order valence-corrected chi connectivity index (χ1v) is 9.35. The second-order valence-electron chi connectivity index (χ2n) is 7.25. The van der Waals surface area contributed by atoms with Gasteiger partial charge in [-0.2, -0.15) is 33.9 Å². The minimum absolute atomic E-state index is 0.0270. The van der Waals surface area contributed by atoms with E-state index in [1.54, 1.807) is 16.9 Å². The number of aromatic nitrogens is 7. The number of benzene rings is 1. The van der Waals surface area contributed by atoms with Gasteiger partial charge in [-0.1, -0.05) is 13.8 Å². The molecule has 3 N–H and O–H groups in total. The van der Waals surface area contributed by atoms with Crippen LogP contribution in [0.4, 0.5) is 20.7 Å². The molecule has 9 nitrogen and oxygen atoms in total. The molecule has 0 saturated heterocycles. The molecule has 0 spiro atoms. The number of aryl methyl sites for hydroxylation is 1. The molecule has 30 heavy (non-hydrogen) atoms. The molecule has 156 valence electrons. The average Bonchev–Trinajstić information content (AvgIpc) is 3.33. The van der Waals surface area contributed by atoms with Crippen LogP contribution in [0.1, 0.15) is 32.1 Å². The Morgan fingerprint density at radius 2 is 1.90 bits per heavy atom. The maximum atomic E-state index is 12.9. The molecule has 3 heterocycles. The average molecular weight is 413 g/mol. The summed E-state index contributed by atoms with van der Waals surface area (Å²) < 4.78 is 28.2. The predicted molar refractivity (Wildman–Crippen MR) is 109 cm³/mol. The molecule has 0 bridgehead atoms. The summed E-state index contributed by atoms with van der Waals surface area (Å²) in [7, 11) is 1.87. The largest absolute Gasteiger partial charge is 0.368 e. The van der Waals surface area contributed by atoms with Crippen LogP contribution in [0.25, 0.3) is 22.3 Å². The summed E-state index contributed by atoms with van der Waals surface area (Å²) in [5, 5.41) is 12.3. The molecular formula is C19H21F2N9. The van der Waals surface area contributed by atoms with Crippen molar-refractivity contribution < 1.29 is 8.78 Å². The number of nitrogen functional groups attached to an aromatic ring is 1. The standard InChI is InChI=1S/C19H21F2N9/c1-10(2)15(13-6-7-30(28-13)17(20)21)24-19-26-16(25-18(22)27-19)11-4-5-14-12(8-11)9-23-29(14)3/h4-10,15,17H,1-3H3,(H3,22,24,25,26,27)/t15-/m1/s1. The number of hydrogen-bond donors (Lipinski definition) is 2. The van der Waals surface area contributed by atoms with Gasteiger partial charge in [-0.15, -0.1) is 0 Å². The highest BCUT2D eigenvalue weighted by Crippen LogP contribution is 2.27. The molecule has 0 fully saturated rings. The minimum atomic E-state index is -2.70. The van der Waals surface area contributed by atoms with E-state index in [1.165, 1.54) is 6.20 Å². The SMILES string of the molecule is CC(C)[C@@H](Nc1nc(N)nc(-c2ccc3c(cnn3C)c2)n1)c1ccn(C(F)F)n1. The number of anilines is 2. The highest BCUT2D eigenvalue weighted by Gasteiger charge is 2.22. The van der Waals surface area contributed by atoms with Gasteiger partial charge in [-0.05, 0) is 30.2 Å². The normalized spacial score (nSPS) is 12.8. The Morgan fingerprint density at radius 3 is 2.60 bits per heavy atom. The summed E-state index contributed by atoms with van der Waals surface area (Å²) in [6.07, 6.45) is 3.00. The van der Waals surface area contributed by atoms with E-state index in [9.17, 15) is 8.78 Å². The zero-order valence-corrected chi connectivity index (χ0v) is 16.7. The van der Waals surface area contributed by atoms with Crippen LogP contribution in [0.5, 0.6) is 0 Å². The maximum Gasteiger partial charge on any atom is 0.333 e. The molecule has 3 aromatic heterocycles. The molecule has 4 rings (SSSR count). The van der Waals surface area contributed by atoms with Gasteiger partial charge in [0, 0.05) is 24.2 Å². The van der Waals surface area contributed by atoms with E-state index in [4.69, 9.17) is 5.73 Å². The summed E-state index contributed by atoms with van der Waals surface area (Å²) >= 11 is 0. The van der Waals surface area contributed by atoms with Crippen LogP contribution < -0.4 is 11.1 Å². The van der Waals surface area contributed by atoms with Crippen LogP contribution in [0.3, 0.4) is 0 Å². The van der Waals surface area contributed by atoms with Gasteiger partial charge in [0.1, 0.15) is 0 Å².